The van der Waals surface area contributed by atoms with Crippen molar-refractivity contribution in [1.29, 1.82) is 0 Å². The summed E-state index contributed by atoms with van der Waals surface area (Å²) < 4.78 is 5.86. The quantitative estimate of drug-likeness (QED) is 0.923. The SMILES string of the molecule is COCC1CCCN(c2ccc(C(=O)O)c(Br)c2)C1. The van der Waals surface area contributed by atoms with Crippen molar-refractivity contribution in [3.05, 3.63) is 28.2 Å². The third kappa shape index (κ3) is 3.48. The molecule has 1 fully saturated rings. The summed E-state index contributed by atoms with van der Waals surface area (Å²) in [5.74, 6) is -0.356. The number of hydrogen-bond donors (Lipinski definition) is 1. The lowest BCUT2D eigenvalue weighted by atomic mass is 9.98. The number of ether oxygens (including phenoxy) is 1. The summed E-state index contributed by atoms with van der Waals surface area (Å²) in [4.78, 5) is 13.3. The van der Waals surface area contributed by atoms with Gasteiger partial charge < -0.3 is 14.7 Å². The van der Waals surface area contributed by atoms with Crippen molar-refractivity contribution in [2.24, 2.45) is 5.92 Å². The maximum atomic E-state index is 11.0. The molecule has 1 aromatic carbocycles. The summed E-state index contributed by atoms with van der Waals surface area (Å²) in [6.07, 6.45) is 2.34. The summed E-state index contributed by atoms with van der Waals surface area (Å²) in [6.45, 7) is 2.76. The van der Waals surface area contributed by atoms with E-state index >= 15 is 0 Å². The molecular weight excluding hydrogens is 310 g/mol. The summed E-state index contributed by atoms with van der Waals surface area (Å²) in [6, 6.07) is 5.42. The lowest BCUT2D eigenvalue weighted by Crippen LogP contribution is -2.37. The van der Waals surface area contributed by atoms with Gasteiger partial charge in [0.05, 0.1) is 12.2 Å². The van der Waals surface area contributed by atoms with Gasteiger partial charge in [-0.3, -0.25) is 0 Å². The molecule has 0 aliphatic carbocycles. The number of hydrogen-bond acceptors (Lipinski definition) is 3. The molecule has 1 N–H and O–H groups in total. The molecular formula is C14H18BrNO3. The molecule has 1 atom stereocenters. The van der Waals surface area contributed by atoms with Crippen LogP contribution < -0.4 is 4.90 Å². The van der Waals surface area contributed by atoms with E-state index in [4.69, 9.17) is 9.84 Å². The van der Waals surface area contributed by atoms with Crippen LogP contribution in [0.25, 0.3) is 0 Å². The fraction of sp³-hybridized carbons (Fsp3) is 0.500. The Hall–Kier alpha value is -1.07. The van der Waals surface area contributed by atoms with E-state index in [1.807, 2.05) is 12.1 Å². The van der Waals surface area contributed by atoms with Crippen LogP contribution in [-0.2, 0) is 4.74 Å². The summed E-state index contributed by atoms with van der Waals surface area (Å²) >= 11 is 3.33. The van der Waals surface area contributed by atoms with E-state index in [2.05, 4.69) is 20.8 Å². The number of methoxy groups -OCH3 is 1. The first-order valence-corrected chi connectivity index (χ1v) is 7.18. The van der Waals surface area contributed by atoms with E-state index in [1.54, 1.807) is 13.2 Å². The van der Waals surface area contributed by atoms with Crippen molar-refractivity contribution in [2.75, 3.05) is 31.7 Å². The lowest BCUT2D eigenvalue weighted by Gasteiger charge is -2.34. The van der Waals surface area contributed by atoms with E-state index in [1.165, 1.54) is 6.42 Å². The van der Waals surface area contributed by atoms with Crippen LogP contribution in [0.5, 0.6) is 0 Å². The van der Waals surface area contributed by atoms with Gasteiger partial charge in [0, 0.05) is 30.4 Å². The van der Waals surface area contributed by atoms with Gasteiger partial charge in [-0.15, -0.1) is 0 Å². The molecule has 0 amide bonds. The predicted molar refractivity (Wildman–Crippen MR) is 77.9 cm³/mol. The normalized spacial score (nSPS) is 19.5. The summed E-state index contributed by atoms with van der Waals surface area (Å²) in [7, 11) is 1.73. The molecule has 0 radical (unpaired) electrons. The molecule has 1 saturated heterocycles. The van der Waals surface area contributed by atoms with Gasteiger partial charge in [-0.05, 0) is 52.9 Å². The molecule has 19 heavy (non-hydrogen) atoms. The van der Waals surface area contributed by atoms with Gasteiger partial charge in [0.2, 0.25) is 0 Å². The van der Waals surface area contributed by atoms with Gasteiger partial charge in [-0.1, -0.05) is 0 Å². The summed E-state index contributed by atoms with van der Waals surface area (Å²) in [5, 5.41) is 9.02. The Kier molecular flexibility index (Phi) is 4.82. The number of carbonyl (C=O) groups is 1. The first-order valence-electron chi connectivity index (χ1n) is 6.38. The van der Waals surface area contributed by atoms with E-state index in [0.717, 1.165) is 31.8 Å². The number of halogens is 1. The van der Waals surface area contributed by atoms with Crippen LogP contribution in [0.3, 0.4) is 0 Å². The molecule has 2 rings (SSSR count). The van der Waals surface area contributed by atoms with Crippen LogP contribution in [0.1, 0.15) is 23.2 Å². The van der Waals surface area contributed by atoms with Gasteiger partial charge in [0.1, 0.15) is 0 Å². The smallest absolute Gasteiger partial charge is 0.336 e. The van der Waals surface area contributed by atoms with Crippen molar-refractivity contribution in [2.45, 2.75) is 12.8 Å². The fourth-order valence-electron chi connectivity index (χ4n) is 2.55. The van der Waals surface area contributed by atoms with Crippen LogP contribution >= 0.6 is 15.9 Å². The average Bonchev–Trinajstić information content (AvgIpc) is 2.39. The Labute approximate surface area is 121 Å². The molecule has 0 bridgehead atoms. The number of carboxylic acids is 1. The monoisotopic (exact) mass is 327 g/mol. The molecule has 1 heterocycles. The zero-order valence-electron chi connectivity index (χ0n) is 10.9. The number of piperidine rings is 1. The second-order valence-electron chi connectivity index (χ2n) is 4.88. The Morgan fingerprint density at radius 1 is 1.58 bits per heavy atom. The minimum atomic E-state index is -0.908. The van der Waals surface area contributed by atoms with Crippen LogP contribution in [0.15, 0.2) is 22.7 Å². The zero-order chi connectivity index (χ0) is 13.8. The number of benzene rings is 1. The number of rotatable bonds is 4. The van der Waals surface area contributed by atoms with Gasteiger partial charge in [0.25, 0.3) is 0 Å². The highest BCUT2D eigenvalue weighted by Crippen LogP contribution is 2.28. The molecule has 1 aliphatic heterocycles. The molecule has 0 aromatic heterocycles. The third-order valence-electron chi connectivity index (χ3n) is 3.47. The van der Waals surface area contributed by atoms with Gasteiger partial charge in [-0.2, -0.15) is 0 Å². The van der Waals surface area contributed by atoms with Crippen LogP contribution in [0.4, 0.5) is 5.69 Å². The minimum Gasteiger partial charge on any atom is -0.478 e. The second kappa shape index (κ2) is 6.39. The average molecular weight is 328 g/mol. The van der Waals surface area contributed by atoms with Crippen LogP contribution in [0.2, 0.25) is 0 Å². The number of carboxylic acid groups (broad SMARTS) is 1. The molecule has 4 nitrogen and oxygen atoms in total. The fourth-order valence-corrected chi connectivity index (χ4v) is 3.08. The number of anilines is 1. The maximum Gasteiger partial charge on any atom is 0.336 e. The van der Waals surface area contributed by atoms with Crippen LogP contribution in [0, 0.1) is 5.92 Å². The van der Waals surface area contributed by atoms with Crippen molar-refractivity contribution in [3.8, 4) is 0 Å². The highest BCUT2D eigenvalue weighted by molar-refractivity contribution is 9.10. The molecule has 104 valence electrons. The van der Waals surface area contributed by atoms with E-state index in [9.17, 15) is 4.79 Å². The molecule has 0 spiro atoms. The van der Waals surface area contributed by atoms with Gasteiger partial charge in [-0.25, -0.2) is 4.79 Å². The lowest BCUT2D eigenvalue weighted by molar-refractivity contribution is 0.0696. The highest BCUT2D eigenvalue weighted by atomic mass is 79.9. The van der Waals surface area contributed by atoms with Gasteiger partial charge in [0.15, 0.2) is 0 Å². The van der Waals surface area contributed by atoms with E-state index in [0.29, 0.717) is 16.0 Å². The Bertz CT molecular complexity index is 462. The predicted octanol–water partition coefficient (Wildman–Crippen LogP) is 3.01. The number of aromatic carboxylic acids is 1. The number of nitrogens with zero attached hydrogens (tertiary/aromatic N) is 1. The molecule has 0 saturated carbocycles. The molecule has 1 unspecified atom stereocenters. The topological polar surface area (TPSA) is 49.8 Å². The summed E-state index contributed by atoms with van der Waals surface area (Å²) in [5.41, 5.74) is 1.37. The molecule has 5 heteroatoms. The van der Waals surface area contributed by atoms with Crippen molar-refractivity contribution < 1.29 is 14.6 Å². The highest BCUT2D eigenvalue weighted by Gasteiger charge is 2.21. The van der Waals surface area contributed by atoms with Crippen molar-refractivity contribution >= 4 is 27.6 Å². The van der Waals surface area contributed by atoms with E-state index in [-0.39, 0.29) is 0 Å². The van der Waals surface area contributed by atoms with Crippen molar-refractivity contribution in [3.63, 3.8) is 0 Å². The maximum absolute atomic E-state index is 11.0. The van der Waals surface area contributed by atoms with Gasteiger partial charge >= 0.3 is 5.97 Å². The Morgan fingerprint density at radius 2 is 2.37 bits per heavy atom. The minimum absolute atomic E-state index is 0.300. The standard InChI is InChI=1S/C14H18BrNO3/c1-19-9-10-3-2-6-16(8-10)11-4-5-12(14(17)18)13(15)7-11/h4-5,7,10H,2-3,6,8-9H2,1H3,(H,17,18). The molecule has 1 aliphatic rings. The van der Waals surface area contributed by atoms with Crippen molar-refractivity contribution in [1.82, 2.24) is 0 Å². The first kappa shape index (κ1) is 14.3. The second-order valence-corrected chi connectivity index (χ2v) is 5.73. The molecule has 1 aromatic rings. The third-order valence-corrected chi connectivity index (χ3v) is 4.13. The van der Waals surface area contributed by atoms with E-state index < -0.39 is 5.97 Å². The Morgan fingerprint density at radius 3 is 3.00 bits per heavy atom. The Balaban J connectivity index is 2.13. The zero-order valence-corrected chi connectivity index (χ0v) is 12.5. The first-order chi connectivity index (χ1) is 9.11. The van der Waals surface area contributed by atoms with Crippen LogP contribution in [-0.4, -0.2) is 37.9 Å². The largest absolute Gasteiger partial charge is 0.478 e.